The van der Waals surface area contributed by atoms with E-state index in [4.69, 9.17) is 4.89 Å². The number of hydrogen-bond donors (Lipinski definition) is 1. The Bertz CT molecular complexity index is 40.5. The SMILES string of the molecule is C[Si](C)(C)PO. The van der Waals surface area contributed by atoms with Gasteiger partial charge in [0.15, 0.2) is 0 Å². The van der Waals surface area contributed by atoms with Crippen LogP contribution in [-0.2, 0) is 0 Å². The van der Waals surface area contributed by atoms with E-state index in [0.717, 1.165) is 0 Å². The van der Waals surface area contributed by atoms with Crippen LogP contribution in [0.4, 0.5) is 0 Å². The second-order valence-electron chi connectivity index (χ2n) is 2.36. The molecule has 1 atom stereocenters. The zero-order valence-electron chi connectivity index (χ0n) is 4.45. The Balaban J connectivity index is 3.17. The first-order valence-corrected chi connectivity index (χ1v) is 7.42. The van der Waals surface area contributed by atoms with Crippen molar-refractivity contribution in [3.8, 4) is 0 Å². The van der Waals surface area contributed by atoms with E-state index < -0.39 is 7.74 Å². The van der Waals surface area contributed by atoms with E-state index >= 15 is 0 Å². The third kappa shape index (κ3) is 4.61. The van der Waals surface area contributed by atoms with Crippen molar-refractivity contribution in [3.05, 3.63) is 0 Å². The minimum atomic E-state index is -1.05. The fourth-order valence-electron chi connectivity index (χ4n) is 0. The largest absolute Gasteiger partial charge is 0.382 e. The van der Waals surface area contributed by atoms with E-state index in [2.05, 4.69) is 19.6 Å². The van der Waals surface area contributed by atoms with Crippen LogP contribution >= 0.6 is 8.36 Å². The van der Waals surface area contributed by atoms with Gasteiger partial charge in [-0.25, -0.2) is 0 Å². The van der Waals surface area contributed by atoms with E-state index in [1.54, 1.807) is 0 Å². The van der Waals surface area contributed by atoms with Crippen molar-refractivity contribution in [1.82, 2.24) is 0 Å². The van der Waals surface area contributed by atoms with Gasteiger partial charge in [0, 0.05) is 0 Å². The molecule has 0 spiro atoms. The summed E-state index contributed by atoms with van der Waals surface area (Å²) >= 11 is 0. The Kier molecular flexibility index (Phi) is 2.26. The van der Waals surface area contributed by atoms with E-state index in [-0.39, 0.29) is 8.36 Å². The number of rotatable bonds is 1. The molecule has 0 heterocycles. The molecule has 0 saturated carbocycles. The second-order valence-corrected chi connectivity index (χ2v) is 12.3. The first-order valence-electron chi connectivity index (χ1n) is 1.97. The van der Waals surface area contributed by atoms with Gasteiger partial charge in [-0.3, -0.25) is 0 Å². The van der Waals surface area contributed by atoms with Crippen molar-refractivity contribution in [1.29, 1.82) is 0 Å². The third-order valence-electron chi connectivity index (χ3n) is 0.335. The minimum Gasteiger partial charge on any atom is -0.382 e. The monoisotopic (exact) mass is 122 g/mol. The van der Waals surface area contributed by atoms with Crippen molar-refractivity contribution in [3.63, 3.8) is 0 Å². The normalized spacial score (nSPS) is 14.0. The van der Waals surface area contributed by atoms with Crippen LogP contribution in [0.25, 0.3) is 0 Å². The van der Waals surface area contributed by atoms with Crippen LogP contribution in [0.3, 0.4) is 0 Å². The van der Waals surface area contributed by atoms with Crippen LogP contribution in [0.15, 0.2) is 0 Å². The molecule has 1 N–H and O–H groups in total. The van der Waals surface area contributed by atoms with E-state index in [1.807, 2.05) is 0 Å². The summed E-state index contributed by atoms with van der Waals surface area (Å²) in [6, 6.07) is 0. The van der Waals surface area contributed by atoms with Crippen molar-refractivity contribution >= 4 is 16.1 Å². The molecule has 0 fully saturated rings. The van der Waals surface area contributed by atoms with Gasteiger partial charge in [-0.1, -0.05) is 19.6 Å². The van der Waals surface area contributed by atoms with Gasteiger partial charge in [0.25, 0.3) is 0 Å². The highest BCUT2D eigenvalue weighted by atomic mass is 31.4. The molecule has 0 amide bonds. The molecular formula is C3H11OPSi. The Morgan fingerprint density at radius 1 is 1.33 bits per heavy atom. The lowest BCUT2D eigenvalue weighted by Gasteiger charge is -2.07. The summed E-state index contributed by atoms with van der Waals surface area (Å²) in [4.78, 5) is 8.49. The molecule has 0 bridgehead atoms. The lowest BCUT2D eigenvalue weighted by Crippen LogP contribution is -2.09. The standard InChI is InChI=1S/C3H11OPSi/c1-6(2,3)5-4/h4-5H,1-3H3. The maximum Gasteiger partial charge on any atom is 0.101 e. The van der Waals surface area contributed by atoms with Crippen LogP contribution in [0.2, 0.25) is 19.6 Å². The Morgan fingerprint density at radius 2 is 1.50 bits per heavy atom. The molecular weight excluding hydrogens is 111 g/mol. The zero-order chi connectivity index (χ0) is 5.21. The Labute approximate surface area is 41.5 Å². The molecule has 3 heteroatoms. The molecule has 1 unspecified atom stereocenters. The molecule has 0 aromatic heterocycles. The van der Waals surface area contributed by atoms with Crippen molar-refractivity contribution < 1.29 is 4.89 Å². The Hall–Kier alpha value is 0.607. The molecule has 0 saturated heterocycles. The number of hydrogen-bond acceptors (Lipinski definition) is 1. The summed E-state index contributed by atoms with van der Waals surface area (Å²) in [5.41, 5.74) is 0. The van der Waals surface area contributed by atoms with Gasteiger partial charge in [0.2, 0.25) is 0 Å². The predicted molar refractivity (Wildman–Crippen MR) is 33.9 cm³/mol. The van der Waals surface area contributed by atoms with Crippen molar-refractivity contribution in [2.45, 2.75) is 19.6 Å². The lowest BCUT2D eigenvalue weighted by atomic mass is 11.8. The zero-order valence-corrected chi connectivity index (χ0v) is 6.45. The van der Waals surface area contributed by atoms with Crippen molar-refractivity contribution in [2.24, 2.45) is 0 Å². The summed E-state index contributed by atoms with van der Waals surface area (Å²) in [5, 5.41) is 0. The molecule has 0 aliphatic heterocycles. The van der Waals surface area contributed by atoms with Crippen LogP contribution < -0.4 is 0 Å². The van der Waals surface area contributed by atoms with Crippen LogP contribution in [-0.4, -0.2) is 12.6 Å². The van der Waals surface area contributed by atoms with E-state index in [9.17, 15) is 0 Å². The molecule has 0 aliphatic carbocycles. The highest BCUT2D eigenvalue weighted by Crippen LogP contribution is 2.20. The molecule has 0 radical (unpaired) electrons. The molecule has 0 aromatic rings. The molecule has 6 heavy (non-hydrogen) atoms. The van der Waals surface area contributed by atoms with Crippen LogP contribution in [0.1, 0.15) is 0 Å². The summed E-state index contributed by atoms with van der Waals surface area (Å²) in [6.07, 6.45) is 0. The smallest absolute Gasteiger partial charge is 0.101 e. The molecule has 1 nitrogen and oxygen atoms in total. The summed E-state index contributed by atoms with van der Waals surface area (Å²) in [6.45, 7) is 6.43. The maximum atomic E-state index is 8.49. The van der Waals surface area contributed by atoms with E-state index in [1.165, 1.54) is 0 Å². The average molecular weight is 122 g/mol. The Morgan fingerprint density at radius 3 is 1.50 bits per heavy atom. The molecule has 0 aromatic carbocycles. The summed E-state index contributed by atoms with van der Waals surface area (Å²) < 4.78 is 0. The van der Waals surface area contributed by atoms with Crippen LogP contribution in [0.5, 0.6) is 0 Å². The third-order valence-corrected chi connectivity index (χ3v) is 3.02. The second kappa shape index (κ2) is 2.06. The predicted octanol–water partition coefficient (Wildman–Crippen LogP) is 1.41. The first-order chi connectivity index (χ1) is 2.56. The van der Waals surface area contributed by atoms with Crippen molar-refractivity contribution in [2.75, 3.05) is 0 Å². The molecule has 38 valence electrons. The lowest BCUT2D eigenvalue weighted by molar-refractivity contribution is 0.657. The van der Waals surface area contributed by atoms with Gasteiger partial charge in [0.05, 0.1) is 0 Å². The maximum absolute atomic E-state index is 8.49. The van der Waals surface area contributed by atoms with E-state index in [0.29, 0.717) is 0 Å². The summed E-state index contributed by atoms with van der Waals surface area (Å²) in [7, 11) is -0.842. The first kappa shape index (κ1) is 6.61. The highest BCUT2D eigenvalue weighted by Gasteiger charge is 2.09. The fourth-order valence-corrected chi connectivity index (χ4v) is 0. The highest BCUT2D eigenvalue weighted by molar-refractivity contribution is 7.77. The van der Waals surface area contributed by atoms with Gasteiger partial charge in [-0.15, -0.1) is 0 Å². The van der Waals surface area contributed by atoms with Gasteiger partial charge >= 0.3 is 0 Å². The molecule has 0 aliphatic rings. The molecule has 0 rings (SSSR count). The van der Waals surface area contributed by atoms with Gasteiger partial charge < -0.3 is 4.89 Å². The van der Waals surface area contributed by atoms with Gasteiger partial charge in [-0.2, -0.15) is 0 Å². The summed E-state index contributed by atoms with van der Waals surface area (Å²) in [5.74, 6) is 0. The quantitative estimate of drug-likeness (QED) is 0.412. The van der Waals surface area contributed by atoms with Gasteiger partial charge in [0.1, 0.15) is 7.74 Å². The minimum absolute atomic E-state index is 0.206. The average Bonchev–Trinajstić information content (AvgIpc) is 1.35. The van der Waals surface area contributed by atoms with Crippen LogP contribution in [0, 0.1) is 0 Å². The van der Waals surface area contributed by atoms with Gasteiger partial charge in [-0.05, 0) is 8.36 Å². The topological polar surface area (TPSA) is 20.2 Å². The fraction of sp³-hybridized carbons (Fsp3) is 1.00.